The van der Waals surface area contributed by atoms with Crippen molar-refractivity contribution in [1.82, 2.24) is 19.6 Å². The average molecular weight is 654 g/mol. The molecule has 14 heteroatoms. The van der Waals surface area contributed by atoms with E-state index in [0.29, 0.717) is 17.3 Å². The molecule has 0 spiro atoms. The van der Waals surface area contributed by atoms with Crippen LogP contribution in [-0.4, -0.2) is 91.3 Å². The zero-order chi connectivity index (χ0) is 23.4. The van der Waals surface area contributed by atoms with Crippen molar-refractivity contribution in [1.29, 1.82) is 0 Å². The van der Waals surface area contributed by atoms with Crippen LogP contribution in [0.2, 0.25) is 0 Å². The van der Waals surface area contributed by atoms with E-state index >= 15 is 0 Å². The van der Waals surface area contributed by atoms with E-state index < -0.39 is 0 Å². The molecule has 0 aromatic carbocycles. The Hall–Kier alpha value is 1.43. The molecule has 0 unspecified atom stereocenters. The predicted octanol–water partition coefficient (Wildman–Crippen LogP) is 3.07. The topological polar surface area (TPSA) is 13.0 Å². The van der Waals surface area contributed by atoms with Gasteiger partial charge in [-0.15, -0.1) is 0 Å². The minimum Gasteiger partial charge on any atom is -0.411 e. The van der Waals surface area contributed by atoms with Crippen molar-refractivity contribution in [3.05, 3.63) is 0 Å². The van der Waals surface area contributed by atoms with Crippen molar-refractivity contribution >= 4 is 117 Å². The van der Waals surface area contributed by atoms with E-state index in [2.05, 4.69) is 49.7 Å². The summed E-state index contributed by atoms with van der Waals surface area (Å²) in [6, 6.07) is 0. The van der Waals surface area contributed by atoms with E-state index in [1.807, 2.05) is 65.7 Å². The second-order valence-corrected chi connectivity index (χ2v) is 9.32. The average Bonchev–Trinajstić information content (AvgIpc) is 2.58. The number of hydrogen-bond acceptors (Lipinski definition) is 8. The summed E-state index contributed by atoms with van der Waals surface area (Å²) in [5.74, 6) is 0. The molecule has 0 amide bonds. The van der Waals surface area contributed by atoms with Gasteiger partial charge in [-0.2, -0.15) is 0 Å². The van der Waals surface area contributed by atoms with Gasteiger partial charge in [0.2, 0.25) is 0 Å². The molecule has 0 aliphatic rings. The van der Waals surface area contributed by atoms with E-state index in [9.17, 15) is 0 Å². The van der Waals surface area contributed by atoms with Crippen LogP contribution in [0.5, 0.6) is 0 Å². The third-order valence-corrected chi connectivity index (χ3v) is 5.27. The maximum absolute atomic E-state index is 4.76. The minimum atomic E-state index is 0. The normalized spacial score (nSPS) is 7.73. The van der Waals surface area contributed by atoms with E-state index in [1.54, 1.807) is 9.80 Å². The van der Waals surface area contributed by atoms with E-state index in [0.717, 1.165) is 26.2 Å². The first-order chi connectivity index (χ1) is 12.7. The van der Waals surface area contributed by atoms with Gasteiger partial charge in [0.25, 0.3) is 0 Å². The van der Waals surface area contributed by atoms with Crippen molar-refractivity contribution in [2.75, 3.05) is 54.4 Å². The Kier molecular flexibility index (Phi) is 45.6. The quantitative estimate of drug-likeness (QED) is 0.252. The maximum atomic E-state index is 4.76. The Morgan fingerprint density at radius 2 is 0.633 bits per heavy atom. The summed E-state index contributed by atoms with van der Waals surface area (Å²) in [5, 5.41) is 0. The molecule has 0 radical (unpaired) electrons. The third kappa shape index (κ3) is 36.8. The van der Waals surface area contributed by atoms with Crippen molar-refractivity contribution in [3.8, 4) is 0 Å². The second-order valence-electron chi connectivity index (χ2n) is 5.20. The molecule has 0 rings (SSSR count). The molecule has 0 bridgehead atoms. The summed E-state index contributed by atoms with van der Waals surface area (Å²) in [6.45, 7) is 11.9. The Labute approximate surface area is 248 Å². The fourth-order valence-corrected chi connectivity index (χ4v) is 2.00. The van der Waals surface area contributed by atoms with Gasteiger partial charge in [-0.3, -0.25) is 0 Å². The summed E-state index contributed by atoms with van der Waals surface area (Å²) < 4.78 is 2.18. The molecule has 0 aliphatic carbocycles. The van der Waals surface area contributed by atoms with Crippen LogP contribution in [0.15, 0.2) is 0 Å². The van der Waals surface area contributed by atoms with Crippen LogP contribution >= 0.6 is 48.9 Å². The molecule has 30 heavy (non-hydrogen) atoms. The van der Waals surface area contributed by atoms with Crippen LogP contribution in [0.1, 0.15) is 27.7 Å². The van der Waals surface area contributed by atoms with Crippen LogP contribution < -0.4 is 0 Å². The van der Waals surface area contributed by atoms with Gasteiger partial charge in [0, 0.05) is 54.4 Å². The van der Waals surface area contributed by atoms with E-state index in [1.165, 1.54) is 0 Å². The predicted molar refractivity (Wildman–Crippen MR) is 153 cm³/mol. The molecule has 184 valence electrons. The monoisotopic (exact) mass is 652 g/mol. The summed E-state index contributed by atoms with van der Waals surface area (Å²) in [4.78, 5) is 7.35. The minimum absolute atomic E-state index is 0. The first kappa shape index (κ1) is 45.0. The zero-order valence-electron chi connectivity index (χ0n) is 18.5. The first-order valence-electron chi connectivity index (χ1n) is 8.41. The Morgan fingerprint density at radius 3 is 0.633 bits per heavy atom. The standard InChI is InChI=1S/2C5H11NS2.2C3H7NS2.2Ni/c2*1-3-6(4-2)5(7)8;2*1-4(2)3(5)6;;/h2*3-4H2,1-2H3,(H,7,8);2*1-2H3,(H,5,6);;/q;;;;2*+2/p-4. The number of nitrogens with zero attached hydrogens (tertiary/aromatic N) is 4. The molecule has 0 saturated heterocycles. The van der Waals surface area contributed by atoms with Gasteiger partial charge in [-0.1, -0.05) is 17.3 Å². The molecule has 0 N–H and O–H groups in total. The summed E-state index contributed by atoms with van der Waals surface area (Å²) in [6.07, 6.45) is 0. The van der Waals surface area contributed by atoms with Gasteiger partial charge in [0.15, 0.2) is 0 Å². The first-order valence-corrected chi connectivity index (χ1v) is 11.7. The molecule has 0 aromatic rings. The van der Waals surface area contributed by atoms with Crippen LogP contribution in [0.25, 0.3) is 0 Å². The molecule has 0 atom stereocenters. The Balaban J connectivity index is -0.0000000632. The molecular formula is C16H32N4Ni2S8. The van der Waals surface area contributed by atoms with Crippen LogP contribution in [0.3, 0.4) is 0 Å². The van der Waals surface area contributed by atoms with E-state index in [-0.39, 0.29) is 33.0 Å². The maximum Gasteiger partial charge on any atom is 2.00 e. The van der Waals surface area contributed by atoms with Gasteiger partial charge in [-0.05, 0) is 27.7 Å². The smallest absolute Gasteiger partial charge is 0.411 e. The van der Waals surface area contributed by atoms with Gasteiger partial charge in [0.1, 0.15) is 0 Å². The van der Waals surface area contributed by atoms with Gasteiger partial charge in [0.05, 0.1) is 0 Å². The SMILES string of the molecule is CCN(CC)C(=S)[S-].CCN(CC)C(=S)[S-].CN(C)C(=S)[S-].CN(C)C(=S)[S-].[Ni+2].[Ni+2]. The molecule has 0 saturated carbocycles. The summed E-state index contributed by atoms with van der Waals surface area (Å²) >= 11 is 37.3. The van der Waals surface area contributed by atoms with Crippen molar-refractivity contribution in [2.24, 2.45) is 0 Å². The third-order valence-electron chi connectivity index (χ3n) is 2.77. The van der Waals surface area contributed by atoms with Crippen LogP contribution in [0.4, 0.5) is 0 Å². The second kappa shape index (κ2) is 30.4. The number of thiocarbonyl (C=S) groups is 4. The molecule has 0 heterocycles. The van der Waals surface area contributed by atoms with Crippen molar-refractivity contribution in [3.63, 3.8) is 0 Å². The molecule has 0 aromatic heterocycles. The zero-order valence-corrected chi connectivity index (χ0v) is 27.0. The molecule has 0 aliphatic heterocycles. The molecular weight excluding hydrogens is 622 g/mol. The largest absolute Gasteiger partial charge is 2.00 e. The number of hydrogen-bond donors (Lipinski definition) is 0. The van der Waals surface area contributed by atoms with Crippen molar-refractivity contribution < 1.29 is 33.0 Å². The summed E-state index contributed by atoms with van der Waals surface area (Å²) in [7, 11) is 7.31. The van der Waals surface area contributed by atoms with Gasteiger partial charge < -0.3 is 119 Å². The summed E-state index contributed by atoms with van der Waals surface area (Å²) in [5.41, 5.74) is 0. The molecule has 4 nitrogen and oxygen atoms in total. The van der Waals surface area contributed by atoms with Crippen LogP contribution in [0, 0.1) is 0 Å². The van der Waals surface area contributed by atoms with E-state index in [4.69, 9.17) is 49.7 Å². The molecule has 0 fully saturated rings. The van der Waals surface area contributed by atoms with Gasteiger partial charge >= 0.3 is 33.0 Å². The van der Waals surface area contributed by atoms with Gasteiger partial charge in [-0.25, -0.2) is 0 Å². The van der Waals surface area contributed by atoms with Crippen LogP contribution in [-0.2, 0) is 83.5 Å². The number of rotatable bonds is 4. The Bertz CT molecular complexity index is 407. The fourth-order valence-electron chi connectivity index (χ4n) is 0.964. The Morgan fingerprint density at radius 1 is 0.500 bits per heavy atom. The fraction of sp³-hybridized carbons (Fsp3) is 0.750. The van der Waals surface area contributed by atoms with Crippen molar-refractivity contribution in [2.45, 2.75) is 27.7 Å².